The van der Waals surface area contributed by atoms with Gasteiger partial charge in [0.25, 0.3) is 0 Å². The van der Waals surface area contributed by atoms with Crippen LogP contribution in [0.4, 0.5) is 28.9 Å². The van der Waals surface area contributed by atoms with Crippen LogP contribution in [-0.2, 0) is 16.6 Å². The third-order valence-corrected chi connectivity index (χ3v) is 20.4. The van der Waals surface area contributed by atoms with E-state index >= 15 is 17.6 Å². The van der Waals surface area contributed by atoms with Crippen molar-refractivity contribution in [3.8, 4) is 0 Å². The van der Waals surface area contributed by atoms with E-state index in [1.54, 1.807) is 48.6 Å². The average Bonchev–Trinajstić information content (AvgIpc) is 4.00. The van der Waals surface area contributed by atoms with Crippen LogP contribution in [0.3, 0.4) is 0 Å². The van der Waals surface area contributed by atoms with Crippen LogP contribution >= 0.6 is 0 Å². The van der Waals surface area contributed by atoms with Gasteiger partial charge in [-0.15, -0.1) is 0 Å². The molecular weight excluding hydrogens is 760 g/mol. The van der Waals surface area contributed by atoms with E-state index in [0.717, 1.165) is 87.5 Å². The zero-order valence-corrected chi connectivity index (χ0v) is 33.4. The van der Waals surface area contributed by atoms with Crippen LogP contribution in [0.25, 0.3) is 0 Å². The summed E-state index contributed by atoms with van der Waals surface area (Å²) in [5.41, 5.74) is 2.06. The monoisotopic (exact) mass is 806 g/mol. The number of anilines is 2. The number of rotatable bonds is 10. The topological polar surface area (TPSA) is 58.2 Å². The third kappa shape index (κ3) is 7.43. The minimum atomic E-state index is -5.28. The Labute approximate surface area is 335 Å². The minimum absolute atomic E-state index is 0.194. The Morgan fingerprint density at radius 2 is 0.930 bits per heavy atom. The number of halogens is 4. The second-order valence-electron chi connectivity index (χ2n) is 15.7. The van der Waals surface area contributed by atoms with E-state index in [1.807, 2.05) is 36.4 Å². The van der Waals surface area contributed by atoms with Gasteiger partial charge >= 0.3 is 337 Å². The van der Waals surface area contributed by atoms with Crippen molar-refractivity contribution < 1.29 is 43.7 Å². The molecular formula is C48H46F4N2O2Ti. The fourth-order valence-corrected chi connectivity index (χ4v) is 18.0. The second-order valence-corrected chi connectivity index (χ2v) is 21.6. The fraction of sp³-hybridized carbons (Fsp3) is 0.292. The summed E-state index contributed by atoms with van der Waals surface area (Å²) in [7, 11) is 0. The molecule has 4 aromatic carbocycles. The van der Waals surface area contributed by atoms with Crippen molar-refractivity contribution in [2.45, 2.75) is 88.9 Å². The number of allylic oxidation sites excluding steroid dienone is 8. The molecule has 0 spiro atoms. The van der Waals surface area contributed by atoms with E-state index in [4.69, 9.17) is 0 Å². The first kappa shape index (κ1) is 39.1. The van der Waals surface area contributed by atoms with Gasteiger partial charge in [0.15, 0.2) is 0 Å². The number of nitrogens with one attached hydrogen (secondary N) is 2. The summed E-state index contributed by atoms with van der Waals surface area (Å²) in [4.78, 5) is 28.0. The maximum atomic E-state index is 17.6. The summed E-state index contributed by atoms with van der Waals surface area (Å²) in [6, 6.07) is 19.1. The molecule has 2 N–H and O–H groups in total. The average molecular weight is 807 g/mol. The first-order valence-corrected chi connectivity index (χ1v) is 23.4. The van der Waals surface area contributed by atoms with Crippen molar-refractivity contribution in [2.75, 3.05) is 10.6 Å². The molecule has 0 heterocycles. The Kier molecular flexibility index (Phi) is 11.6. The number of amides is 2. The molecule has 8 rings (SSSR count). The Morgan fingerprint density at radius 1 is 0.526 bits per heavy atom. The molecule has 2 amide bonds. The van der Waals surface area contributed by atoms with Gasteiger partial charge in [-0.3, -0.25) is 0 Å². The van der Waals surface area contributed by atoms with E-state index in [-0.39, 0.29) is 36.1 Å². The zero-order chi connectivity index (χ0) is 39.5. The van der Waals surface area contributed by atoms with Gasteiger partial charge in [0, 0.05) is 0 Å². The summed E-state index contributed by atoms with van der Waals surface area (Å²) in [6.45, 7) is 0. The quantitative estimate of drug-likeness (QED) is 0.124. The van der Waals surface area contributed by atoms with Crippen LogP contribution in [0.15, 0.2) is 117 Å². The van der Waals surface area contributed by atoms with Crippen LogP contribution in [0.2, 0.25) is 0 Å². The molecule has 0 radical (unpaired) electrons. The van der Waals surface area contributed by atoms with E-state index in [9.17, 15) is 9.59 Å². The van der Waals surface area contributed by atoms with Gasteiger partial charge in [-0.2, -0.15) is 0 Å². The van der Waals surface area contributed by atoms with Crippen LogP contribution in [-0.4, -0.2) is 11.8 Å². The van der Waals surface area contributed by atoms with E-state index in [0.29, 0.717) is 18.9 Å². The number of benzene rings is 4. The summed E-state index contributed by atoms with van der Waals surface area (Å²) in [5, 5.41) is 5.46. The standard InChI is InChI=1S/2C19H18F2NO.2C5H5.Ti/c2*20-14-10-11-18(17(21)12-14)22-19(23)16-9-5-4-8-15(16)13-6-2-1-3-7-13;2*1-2-4-5-3-1;/h2*4-5,8-11,13H,1-3,6-7H2,(H,22,23);2*1-3H,4H2;. The van der Waals surface area contributed by atoms with Gasteiger partial charge in [0.1, 0.15) is 0 Å². The molecule has 0 atom stereocenters. The molecule has 0 aromatic heterocycles. The molecule has 4 aliphatic carbocycles. The Morgan fingerprint density at radius 3 is 1.32 bits per heavy atom. The maximum absolute atomic E-state index is 17.6. The van der Waals surface area contributed by atoms with Gasteiger partial charge < -0.3 is 0 Å². The van der Waals surface area contributed by atoms with Crippen molar-refractivity contribution in [1.82, 2.24) is 0 Å². The van der Waals surface area contributed by atoms with E-state index in [1.165, 1.54) is 12.1 Å². The first-order valence-electron chi connectivity index (χ1n) is 20.3. The number of carbonyl (C=O) groups is 2. The molecule has 0 saturated heterocycles. The second kappa shape index (κ2) is 17.0. The molecule has 9 heteroatoms. The fourth-order valence-electron chi connectivity index (χ4n) is 9.74. The molecule has 57 heavy (non-hydrogen) atoms. The number of hydrogen-bond donors (Lipinski definition) is 2. The Balaban J connectivity index is 1.24. The molecule has 292 valence electrons. The van der Waals surface area contributed by atoms with Crippen molar-refractivity contribution >= 4 is 30.9 Å². The van der Waals surface area contributed by atoms with Crippen molar-refractivity contribution in [2.24, 2.45) is 0 Å². The number of hydrogen-bond acceptors (Lipinski definition) is 2. The summed E-state index contributed by atoms with van der Waals surface area (Å²) in [5.74, 6) is -4.72. The molecule has 2 fully saturated rings. The SMILES string of the molecule is O=C(Nc1ccc(F)[c]([Ti]([C]2=CC=CC2)([C]2=CC=CC2)[c]2c(F)ccc(NC(=O)c3ccccc3C3CCCCC3)c2F)c1F)c1ccccc1C1CCCCC1. The molecule has 0 bridgehead atoms. The van der Waals surface area contributed by atoms with E-state index in [2.05, 4.69) is 10.6 Å². The van der Waals surface area contributed by atoms with Crippen LogP contribution in [0.5, 0.6) is 0 Å². The van der Waals surface area contributed by atoms with Crippen molar-refractivity contribution in [3.05, 3.63) is 163 Å². The van der Waals surface area contributed by atoms with Crippen LogP contribution < -0.4 is 18.4 Å². The first-order chi connectivity index (χ1) is 27.8. The third-order valence-electron chi connectivity index (χ3n) is 12.4. The summed E-state index contributed by atoms with van der Waals surface area (Å²) < 4.78 is 68.9. The van der Waals surface area contributed by atoms with E-state index < -0.39 is 59.4 Å². The summed E-state index contributed by atoms with van der Waals surface area (Å²) >= 11 is -5.28. The summed E-state index contributed by atoms with van der Waals surface area (Å²) in [6.07, 6.45) is 21.3. The molecule has 4 nitrogen and oxygen atoms in total. The Hall–Kier alpha value is -4.79. The van der Waals surface area contributed by atoms with Gasteiger partial charge in [-0.05, 0) is 0 Å². The van der Waals surface area contributed by atoms with Crippen molar-refractivity contribution in [3.63, 3.8) is 0 Å². The van der Waals surface area contributed by atoms with Crippen LogP contribution in [0, 0.1) is 23.3 Å². The van der Waals surface area contributed by atoms with Crippen LogP contribution in [0.1, 0.15) is 121 Å². The molecule has 2 saturated carbocycles. The van der Waals surface area contributed by atoms with Gasteiger partial charge in [-0.25, -0.2) is 0 Å². The molecule has 0 aliphatic heterocycles. The van der Waals surface area contributed by atoms with Gasteiger partial charge in [0.05, 0.1) is 0 Å². The van der Waals surface area contributed by atoms with Gasteiger partial charge in [-0.1, -0.05) is 0 Å². The Bertz CT molecular complexity index is 2170. The molecule has 4 aromatic rings. The number of carbonyl (C=O) groups excluding carboxylic acids is 2. The zero-order valence-electron chi connectivity index (χ0n) is 31.9. The molecule has 0 unspecified atom stereocenters. The molecule has 4 aliphatic rings. The van der Waals surface area contributed by atoms with Crippen molar-refractivity contribution in [1.29, 1.82) is 0 Å². The normalized spacial score (nSPS) is 17.4. The predicted molar refractivity (Wildman–Crippen MR) is 216 cm³/mol. The van der Waals surface area contributed by atoms with Gasteiger partial charge in [0.2, 0.25) is 0 Å². The predicted octanol–water partition coefficient (Wildman–Crippen LogP) is 11.6.